The summed E-state index contributed by atoms with van der Waals surface area (Å²) in [5.74, 6) is 0.0871. The van der Waals surface area contributed by atoms with Crippen molar-refractivity contribution in [3.63, 3.8) is 0 Å². The Morgan fingerprint density at radius 1 is 1.14 bits per heavy atom. The van der Waals surface area contributed by atoms with Gasteiger partial charge in [-0.25, -0.2) is 0 Å². The Bertz CT molecular complexity index is 599. The largest absolute Gasteiger partial charge is 0.504 e. The minimum absolute atomic E-state index is 0.0199. The molecule has 0 aliphatic heterocycles. The molecule has 0 fully saturated rings. The molecular weight excluding hydrogens is 290 g/mol. The lowest BCUT2D eigenvalue weighted by Gasteiger charge is -2.08. The van der Waals surface area contributed by atoms with Crippen molar-refractivity contribution in [3.8, 4) is 11.5 Å². The molecule has 0 saturated heterocycles. The van der Waals surface area contributed by atoms with Crippen molar-refractivity contribution in [1.82, 2.24) is 5.32 Å². The smallest absolute Gasteiger partial charge is 0.257 e. The summed E-state index contributed by atoms with van der Waals surface area (Å²) in [5.41, 5.74) is 1.10. The van der Waals surface area contributed by atoms with E-state index in [2.05, 4.69) is 5.32 Å². The van der Waals surface area contributed by atoms with Crippen LogP contribution in [0.3, 0.4) is 0 Å². The van der Waals surface area contributed by atoms with E-state index in [-0.39, 0.29) is 18.3 Å². The average Bonchev–Trinajstić information content (AvgIpc) is 2.48. The predicted octanol–water partition coefficient (Wildman–Crippen LogP) is 2.78. The number of hydrogen-bond donors (Lipinski definition) is 2. The molecule has 2 rings (SSSR count). The van der Waals surface area contributed by atoms with Crippen molar-refractivity contribution < 1.29 is 14.6 Å². The molecule has 0 aliphatic rings. The molecule has 0 radical (unpaired) electrons. The third-order valence-corrected chi connectivity index (χ3v) is 3.13. The second-order valence-electron chi connectivity index (χ2n) is 4.48. The maximum Gasteiger partial charge on any atom is 0.257 e. The van der Waals surface area contributed by atoms with Crippen LogP contribution >= 0.6 is 11.6 Å². The number of para-hydroxylation sites is 2. The molecular formula is C16H16ClNO3. The highest BCUT2D eigenvalue weighted by Crippen LogP contribution is 2.23. The molecule has 21 heavy (non-hydrogen) atoms. The third kappa shape index (κ3) is 5.00. The number of hydrogen-bond acceptors (Lipinski definition) is 3. The zero-order chi connectivity index (χ0) is 15.1. The van der Waals surface area contributed by atoms with Gasteiger partial charge in [-0.2, -0.15) is 0 Å². The summed E-state index contributed by atoms with van der Waals surface area (Å²) in [7, 11) is 0. The van der Waals surface area contributed by atoms with E-state index in [1.54, 1.807) is 18.2 Å². The Hall–Kier alpha value is -2.20. The first kappa shape index (κ1) is 15.2. The average molecular weight is 306 g/mol. The van der Waals surface area contributed by atoms with E-state index in [0.29, 0.717) is 17.3 Å². The summed E-state index contributed by atoms with van der Waals surface area (Å²) < 4.78 is 5.24. The molecule has 0 saturated carbocycles. The van der Waals surface area contributed by atoms with Gasteiger partial charge < -0.3 is 15.2 Å². The number of aromatic hydroxyl groups is 1. The number of phenolic OH excluding ortho intramolecular Hbond substituents is 1. The summed E-state index contributed by atoms with van der Waals surface area (Å²) >= 11 is 5.80. The number of nitrogens with one attached hydrogen (secondary N) is 1. The normalized spacial score (nSPS) is 10.1. The molecule has 0 aliphatic carbocycles. The van der Waals surface area contributed by atoms with Gasteiger partial charge in [-0.3, -0.25) is 4.79 Å². The summed E-state index contributed by atoms with van der Waals surface area (Å²) in [6.45, 7) is 0.392. The van der Waals surface area contributed by atoms with Gasteiger partial charge in [0.15, 0.2) is 18.1 Å². The number of carbonyl (C=O) groups is 1. The van der Waals surface area contributed by atoms with Gasteiger partial charge in [-0.15, -0.1) is 0 Å². The van der Waals surface area contributed by atoms with Crippen LogP contribution in [0.4, 0.5) is 0 Å². The van der Waals surface area contributed by atoms with Gasteiger partial charge >= 0.3 is 0 Å². The molecule has 0 heterocycles. The molecule has 4 nitrogen and oxygen atoms in total. The number of phenols is 1. The van der Waals surface area contributed by atoms with Crippen molar-refractivity contribution in [3.05, 3.63) is 59.1 Å². The molecule has 0 spiro atoms. The Morgan fingerprint density at radius 2 is 1.86 bits per heavy atom. The van der Waals surface area contributed by atoms with Crippen molar-refractivity contribution in [2.45, 2.75) is 6.42 Å². The Labute approximate surface area is 128 Å². The third-order valence-electron chi connectivity index (χ3n) is 2.87. The fourth-order valence-electron chi connectivity index (χ4n) is 1.77. The topological polar surface area (TPSA) is 58.6 Å². The highest BCUT2D eigenvalue weighted by molar-refractivity contribution is 6.30. The number of amides is 1. The zero-order valence-corrected chi connectivity index (χ0v) is 12.1. The first-order chi connectivity index (χ1) is 10.1. The highest BCUT2D eigenvalue weighted by atomic mass is 35.5. The van der Waals surface area contributed by atoms with E-state index in [4.69, 9.17) is 16.3 Å². The maximum atomic E-state index is 11.6. The molecule has 1 amide bonds. The molecule has 0 unspecified atom stereocenters. The quantitative estimate of drug-likeness (QED) is 0.863. The van der Waals surface area contributed by atoms with E-state index < -0.39 is 0 Å². The zero-order valence-electron chi connectivity index (χ0n) is 11.4. The van der Waals surface area contributed by atoms with Gasteiger partial charge in [-0.05, 0) is 36.2 Å². The van der Waals surface area contributed by atoms with Crippen LogP contribution in [0.5, 0.6) is 11.5 Å². The first-order valence-corrected chi connectivity index (χ1v) is 6.95. The Kier molecular flexibility index (Phi) is 5.46. The minimum Gasteiger partial charge on any atom is -0.504 e. The summed E-state index contributed by atoms with van der Waals surface area (Å²) in [6, 6.07) is 14.0. The van der Waals surface area contributed by atoms with Crippen molar-refractivity contribution in [2.75, 3.05) is 13.2 Å². The van der Waals surface area contributed by atoms with Crippen LogP contribution in [0.2, 0.25) is 5.02 Å². The molecule has 0 bridgehead atoms. The van der Waals surface area contributed by atoms with Gasteiger partial charge in [0.2, 0.25) is 0 Å². The Morgan fingerprint density at radius 3 is 2.57 bits per heavy atom. The standard InChI is InChI=1S/C16H16ClNO3/c17-13-7-5-12(6-8-13)9-10-18-16(20)11-21-15-4-2-1-3-14(15)19/h1-8,19H,9-11H2,(H,18,20). The van der Waals surface area contributed by atoms with Crippen molar-refractivity contribution >= 4 is 17.5 Å². The fraction of sp³-hybridized carbons (Fsp3) is 0.188. The van der Waals surface area contributed by atoms with E-state index in [1.807, 2.05) is 24.3 Å². The number of benzene rings is 2. The number of halogens is 1. The lowest BCUT2D eigenvalue weighted by atomic mass is 10.1. The molecule has 2 N–H and O–H groups in total. The van der Waals surface area contributed by atoms with Crippen LogP contribution in [-0.2, 0) is 11.2 Å². The Balaban J connectivity index is 1.70. The molecule has 0 aromatic heterocycles. The maximum absolute atomic E-state index is 11.6. The van der Waals surface area contributed by atoms with Crippen LogP contribution in [0.15, 0.2) is 48.5 Å². The molecule has 0 atom stereocenters. The summed E-state index contributed by atoms with van der Waals surface area (Å²) in [6.07, 6.45) is 0.722. The van der Waals surface area contributed by atoms with Crippen molar-refractivity contribution in [1.29, 1.82) is 0 Å². The van der Waals surface area contributed by atoms with Gasteiger partial charge in [0.1, 0.15) is 0 Å². The molecule has 110 valence electrons. The molecule has 2 aromatic carbocycles. The highest BCUT2D eigenvalue weighted by Gasteiger charge is 2.05. The summed E-state index contributed by atoms with van der Waals surface area (Å²) in [5, 5.41) is 13.0. The fourth-order valence-corrected chi connectivity index (χ4v) is 1.90. The first-order valence-electron chi connectivity index (χ1n) is 6.57. The predicted molar refractivity (Wildman–Crippen MR) is 81.8 cm³/mol. The van der Waals surface area contributed by atoms with Gasteiger partial charge in [0.05, 0.1) is 0 Å². The van der Waals surface area contributed by atoms with Crippen LogP contribution in [-0.4, -0.2) is 24.2 Å². The second-order valence-corrected chi connectivity index (χ2v) is 4.92. The number of ether oxygens (including phenoxy) is 1. The van der Waals surface area contributed by atoms with Gasteiger partial charge in [-0.1, -0.05) is 35.9 Å². The van der Waals surface area contributed by atoms with Gasteiger partial charge in [0, 0.05) is 11.6 Å². The lowest BCUT2D eigenvalue weighted by Crippen LogP contribution is -2.30. The monoisotopic (exact) mass is 305 g/mol. The second kappa shape index (κ2) is 7.55. The van der Waals surface area contributed by atoms with Crippen LogP contribution in [0.25, 0.3) is 0 Å². The van der Waals surface area contributed by atoms with Crippen LogP contribution in [0, 0.1) is 0 Å². The summed E-state index contributed by atoms with van der Waals surface area (Å²) in [4.78, 5) is 11.6. The van der Waals surface area contributed by atoms with Crippen LogP contribution < -0.4 is 10.1 Å². The molecule has 2 aromatic rings. The van der Waals surface area contributed by atoms with Crippen LogP contribution in [0.1, 0.15) is 5.56 Å². The van der Waals surface area contributed by atoms with E-state index >= 15 is 0 Å². The van der Waals surface area contributed by atoms with E-state index in [9.17, 15) is 9.90 Å². The lowest BCUT2D eigenvalue weighted by molar-refractivity contribution is -0.123. The number of rotatable bonds is 6. The van der Waals surface area contributed by atoms with Crippen molar-refractivity contribution in [2.24, 2.45) is 0 Å². The van der Waals surface area contributed by atoms with Gasteiger partial charge in [0.25, 0.3) is 5.91 Å². The van der Waals surface area contributed by atoms with E-state index in [0.717, 1.165) is 12.0 Å². The number of carbonyl (C=O) groups excluding carboxylic acids is 1. The van der Waals surface area contributed by atoms with E-state index in [1.165, 1.54) is 6.07 Å². The SMILES string of the molecule is O=C(COc1ccccc1O)NCCc1ccc(Cl)cc1. The molecule has 5 heteroatoms. The minimum atomic E-state index is -0.229.